The van der Waals surface area contributed by atoms with E-state index in [1.807, 2.05) is 4.90 Å². The van der Waals surface area contributed by atoms with E-state index in [-0.39, 0.29) is 11.7 Å². The first-order valence-electron chi connectivity index (χ1n) is 10.9. The van der Waals surface area contributed by atoms with E-state index in [2.05, 4.69) is 23.1 Å². The van der Waals surface area contributed by atoms with Crippen molar-refractivity contribution in [3.05, 3.63) is 59.2 Å². The Balaban J connectivity index is 1.21. The third-order valence-corrected chi connectivity index (χ3v) is 8.17. The highest BCUT2D eigenvalue weighted by Crippen LogP contribution is 2.27. The number of amides is 1. The molecule has 2 aromatic rings. The highest BCUT2D eigenvalue weighted by Gasteiger charge is 2.29. The van der Waals surface area contributed by atoms with Crippen LogP contribution in [0.3, 0.4) is 0 Å². The number of piperazine rings is 1. The number of carbonyl (C=O) groups excluding carboxylic acids is 1. The Labute approximate surface area is 183 Å². The van der Waals surface area contributed by atoms with Crippen molar-refractivity contribution >= 4 is 21.6 Å². The van der Waals surface area contributed by atoms with Crippen molar-refractivity contribution in [3.8, 4) is 5.75 Å². The minimum absolute atomic E-state index is 0.0345. The maximum atomic E-state index is 13.0. The van der Waals surface area contributed by atoms with Crippen molar-refractivity contribution in [1.29, 1.82) is 0 Å². The van der Waals surface area contributed by atoms with Gasteiger partial charge in [0.25, 0.3) is 5.91 Å². The Hall–Kier alpha value is -2.58. The van der Waals surface area contributed by atoms with Gasteiger partial charge < -0.3 is 9.64 Å². The molecule has 0 radical (unpaired) electrons. The normalized spacial score (nSPS) is 20.5. The summed E-state index contributed by atoms with van der Waals surface area (Å²) in [5, 5.41) is 0. The molecule has 8 heteroatoms. The van der Waals surface area contributed by atoms with Gasteiger partial charge in [-0.3, -0.25) is 14.0 Å². The number of hydrogen-bond donors (Lipinski definition) is 0. The number of sulfonamides is 1. The zero-order valence-corrected chi connectivity index (χ0v) is 18.3. The molecular formula is C23H27N3O4S. The van der Waals surface area contributed by atoms with Gasteiger partial charge in [0.15, 0.2) is 0 Å². The quantitative estimate of drug-likeness (QED) is 0.727. The molecule has 0 aromatic heterocycles. The summed E-state index contributed by atoms with van der Waals surface area (Å²) < 4.78 is 31.4. The molecule has 0 spiro atoms. The lowest BCUT2D eigenvalue weighted by Crippen LogP contribution is -2.48. The van der Waals surface area contributed by atoms with Gasteiger partial charge in [0, 0.05) is 51.3 Å². The zero-order valence-electron chi connectivity index (χ0n) is 17.5. The number of ether oxygens (including phenoxy) is 1. The molecular weight excluding hydrogens is 414 g/mol. The molecule has 0 unspecified atom stereocenters. The molecule has 2 saturated heterocycles. The molecule has 3 aliphatic heterocycles. The standard InChI is InChI=1S/C23H27N3O4S/c27-23(20-3-1-4-21(16-20)26-8-2-14-31(26,28)29)25-11-9-24(10-12-25)17-18-5-6-22-19(15-18)7-13-30-22/h1,3-6,15-16H,2,7-14,17H2. The zero-order chi connectivity index (χ0) is 21.4. The van der Waals surface area contributed by atoms with Gasteiger partial charge >= 0.3 is 0 Å². The van der Waals surface area contributed by atoms with Crippen molar-refractivity contribution in [2.45, 2.75) is 19.4 Å². The lowest BCUT2D eigenvalue weighted by molar-refractivity contribution is 0.0628. The topological polar surface area (TPSA) is 70.2 Å². The van der Waals surface area contributed by atoms with Crippen LogP contribution >= 0.6 is 0 Å². The lowest BCUT2D eigenvalue weighted by Gasteiger charge is -2.35. The average Bonchev–Trinajstić information content (AvgIpc) is 3.39. The van der Waals surface area contributed by atoms with Crippen LogP contribution in [-0.2, 0) is 23.0 Å². The van der Waals surface area contributed by atoms with Crippen LogP contribution < -0.4 is 9.04 Å². The van der Waals surface area contributed by atoms with Crippen LogP contribution in [-0.4, -0.2) is 69.2 Å². The van der Waals surface area contributed by atoms with E-state index >= 15 is 0 Å². The molecule has 0 aliphatic carbocycles. The molecule has 1 amide bonds. The van der Waals surface area contributed by atoms with Crippen molar-refractivity contribution in [2.24, 2.45) is 0 Å². The van der Waals surface area contributed by atoms with E-state index < -0.39 is 10.0 Å². The van der Waals surface area contributed by atoms with Gasteiger partial charge in [0.05, 0.1) is 18.0 Å². The number of nitrogens with zero attached hydrogens (tertiary/aromatic N) is 3. The fourth-order valence-corrected chi connectivity index (χ4v) is 6.17. The number of anilines is 1. The fraction of sp³-hybridized carbons (Fsp3) is 0.435. The van der Waals surface area contributed by atoms with Crippen LogP contribution in [0.4, 0.5) is 5.69 Å². The molecule has 3 heterocycles. The molecule has 0 bridgehead atoms. The first-order chi connectivity index (χ1) is 15.0. The minimum Gasteiger partial charge on any atom is -0.493 e. The number of rotatable bonds is 4. The highest BCUT2D eigenvalue weighted by molar-refractivity contribution is 7.93. The monoisotopic (exact) mass is 441 g/mol. The molecule has 0 N–H and O–H groups in total. The first kappa shape index (κ1) is 20.3. The molecule has 164 valence electrons. The van der Waals surface area contributed by atoms with E-state index in [1.165, 1.54) is 15.4 Å². The van der Waals surface area contributed by atoms with E-state index in [0.717, 1.165) is 38.4 Å². The van der Waals surface area contributed by atoms with Gasteiger partial charge in [-0.2, -0.15) is 0 Å². The van der Waals surface area contributed by atoms with Crippen LogP contribution in [0.2, 0.25) is 0 Å². The Kier molecular flexibility index (Phi) is 5.35. The lowest BCUT2D eigenvalue weighted by atomic mass is 10.1. The molecule has 2 aromatic carbocycles. The first-order valence-corrected chi connectivity index (χ1v) is 12.5. The summed E-state index contributed by atoms with van der Waals surface area (Å²) in [5.74, 6) is 1.14. The second-order valence-corrected chi connectivity index (χ2v) is 10.4. The van der Waals surface area contributed by atoms with Crippen LogP contribution in [0.15, 0.2) is 42.5 Å². The van der Waals surface area contributed by atoms with Crippen molar-refractivity contribution in [3.63, 3.8) is 0 Å². The van der Waals surface area contributed by atoms with E-state index in [0.29, 0.717) is 37.3 Å². The maximum Gasteiger partial charge on any atom is 0.254 e. The number of benzene rings is 2. The van der Waals surface area contributed by atoms with Gasteiger partial charge in [-0.25, -0.2) is 8.42 Å². The van der Waals surface area contributed by atoms with Gasteiger partial charge in [-0.05, 0) is 41.8 Å². The van der Waals surface area contributed by atoms with Crippen LogP contribution in [0, 0.1) is 0 Å². The van der Waals surface area contributed by atoms with Gasteiger partial charge in [-0.1, -0.05) is 18.2 Å². The van der Waals surface area contributed by atoms with Gasteiger partial charge in [0.1, 0.15) is 5.75 Å². The summed E-state index contributed by atoms with van der Waals surface area (Å²) in [6.07, 6.45) is 1.60. The molecule has 5 rings (SSSR count). The Bertz CT molecular complexity index is 1090. The van der Waals surface area contributed by atoms with E-state index in [9.17, 15) is 13.2 Å². The molecule has 7 nitrogen and oxygen atoms in total. The summed E-state index contributed by atoms with van der Waals surface area (Å²) in [6, 6.07) is 13.4. The molecule has 31 heavy (non-hydrogen) atoms. The second-order valence-electron chi connectivity index (χ2n) is 8.40. The third kappa shape index (κ3) is 4.14. The number of fused-ring (bicyclic) bond motifs is 1. The van der Waals surface area contributed by atoms with E-state index in [4.69, 9.17) is 4.74 Å². The molecule has 0 saturated carbocycles. The van der Waals surface area contributed by atoms with Crippen molar-refractivity contribution in [1.82, 2.24) is 9.80 Å². The highest BCUT2D eigenvalue weighted by atomic mass is 32.2. The van der Waals surface area contributed by atoms with Crippen molar-refractivity contribution < 1.29 is 17.9 Å². The average molecular weight is 442 g/mol. The van der Waals surface area contributed by atoms with Crippen LogP contribution in [0.25, 0.3) is 0 Å². The third-order valence-electron chi connectivity index (χ3n) is 6.30. The number of carbonyl (C=O) groups is 1. The van der Waals surface area contributed by atoms with Crippen LogP contribution in [0.1, 0.15) is 27.9 Å². The Morgan fingerprint density at radius 2 is 1.84 bits per heavy atom. The van der Waals surface area contributed by atoms with Crippen molar-refractivity contribution in [2.75, 3.05) is 49.4 Å². The summed E-state index contributed by atoms with van der Waals surface area (Å²) in [6.45, 7) is 5.09. The predicted octanol–water partition coefficient (Wildman–Crippen LogP) is 2.12. The second kappa shape index (κ2) is 8.16. The molecule has 3 aliphatic rings. The summed E-state index contributed by atoms with van der Waals surface area (Å²) in [7, 11) is -3.25. The summed E-state index contributed by atoms with van der Waals surface area (Å²) >= 11 is 0. The summed E-state index contributed by atoms with van der Waals surface area (Å²) in [5.41, 5.74) is 3.70. The predicted molar refractivity (Wildman–Crippen MR) is 119 cm³/mol. The fourth-order valence-electron chi connectivity index (χ4n) is 4.61. The van der Waals surface area contributed by atoms with Gasteiger partial charge in [-0.15, -0.1) is 0 Å². The van der Waals surface area contributed by atoms with Gasteiger partial charge in [0.2, 0.25) is 10.0 Å². The smallest absolute Gasteiger partial charge is 0.254 e. The number of hydrogen-bond acceptors (Lipinski definition) is 5. The Morgan fingerprint density at radius 3 is 2.61 bits per heavy atom. The van der Waals surface area contributed by atoms with Crippen LogP contribution in [0.5, 0.6) is 5.75 Å². The largest absolute Gasteiger partial charge is 0.493 e. The molecule has 0 atom stereocenters. The maximum absolute atomic E-state index is 13.0. The minimum atomic E-state index is -3.25. The van der Waals surface area contributed by atoms with E-state index in [1.54, 1.807) is 24.3 Å². The Morgan fingerprint density at radius 1 is 1.00 bits per heavy atom. The molecule has 2 fully saturated rings. The summed E-state index contributed by atoms with van der Waals surface area (Å²) in [4.78, 5) is 17.3. The SMILES string of the molecule is O=C(c1cccc(N2CCCS2(=O)=O)c1)N1CCN(Cc2ccc3c(c2)CCO3)CC1.